The third-order valence-corrected chi connectivity index (χ3v) is 4.71. The molecule has 2 amide bonds. The van der Waals surface area contributed by atoms with Crippen molar-refractivity contribution >= 4 is 11.8 Å². The van der Waals surface area contributed by atoms with Gasteiger partial charge < -0.3 is 10.6 Å². The predicted molar refractivity (Wildman–Crippen MR) is 82.9 cm³/mol. The monoisotopic (exact) mass is 295 g/mol. The van der Waals surface area contributed by atoms with Crippen molar-refractivity contribution in [1.29, 1.82) is 0 Å². The molecule has 2 N–H and O–H groups in total. The van der Waals surface area contributed by atoms with Crippen molar-refractivity contribution in [2.45, 2.75) is 69.9 Å². The minimum atomic E-state index is -0.345. The van der Waals surface area contributed by atoms with Crippen molar-refractivity contribution < 1.29 is 9.59 Å². The van der Waals surface area contributed by atoms with Crippen LogP contribution < -0.4 is 10.6 Å². The molecule has 5 heteroatoms. The topological polar surface area (TPSA) is 61.4 Å². The summed E-state index contributed by atoms with van der Waals surface area (Å²) in [5.74, 6) is -0.0539. The summed E-state index contributed by atoms with van der Waals surface area (Å²) in [5, 5.41) is 5.76. The van der Waals surface area contributed by atoms with E-state index in [1.54, 1.807) is 0 Å². The Hall–Kier alpha value is -1.10. The molecule has 0 radical (unpaired) electrons. The first-order valence-corrected chi connectivity index (χ1v) is 8.44. The van der Waals surface area contributed by atoms with Crippen LogP contribution in [0.3, 0.4) is 0 Å². The van der Waals surface area contributed by atoms with E-state index in [1.807, 2.05) is 7.05 Å². The molecule has 1 atom stereocenters. The number of amides is 2. The summed E-state index contributed by atoms with van der Waals surface area (Å²) in [6.45, 7) is 1.13. The van der Waals surface area contributed by atoms with Gasteiger partial charge in [0.25, 0.3) is 0 Å². The summed E-state index contributed by atoms with van der Waals surface area (Å²) in [5.41, 5.74) is 0. The fourth-order valence-electron chi connectivity index (χ4n) is 3.37. The van der Waals surface area contributed by atoms with E-state index in [2.05, 4.69) is 15.5 Å². The molecule has 0 aromatic heterocycles. The third-order valence-electron chi connectivity index (χ3n) is 4.71. The van der Waals surface area contributed by atoms with Crippen molar-refractivity contribution in [3.05, 3.63) is 0 Å². The summed E-state index contributed by atoms with van der Waals surface area (Å²) in [6, 6.07) is 0.170. The minimum Gasteiger partial charge on any atom is -0.354 e. The summed E-state index contributed by atoms with van der Waals surface area (Å²) in [7, 11) is 2.03. The number of rotatable bonds is 4. The van der Waals surface area contributed by atoms with Crippen LogP contribution in [0.5, 0.6) is 0 Å². The van der Waals surface area contributed by atoms with Crippen molar-refractivity contribution in [3.63, 3.8) is 0 Å². The molecule has 2 aliphatic rings. The van der Waals surface area contributed by atoms with Crippen molar-refractivity contribution in [3.8, 4) is 0 Å². The summed E-state index contributed by atoms with van der Waals surface area (Å²) >= 11 is 0. The van der Waals surface area contributed by atoms with Gasteiger partial charge in [-0.15, -0.1) is 0 Å². The Bertz CT molecular complexity index is 351. The molecule has 0 aromatic rings. The maximum absolute atomic E-state index is 12.2. The lowest BCUT2D eigenvalue weighted by molar-refractivity contribution is -0.129. The second-order valence-electron chi connectivity index (χ2n) is 6.47. The van der Waals surface area contributed by atoms with Gasteiger partial charge in [0.15, 0.2) is 0 Å². The largest absolute Gasteiger partial charge is 0.354 e. The van der Waals surface area contributed by atoms with Crippen LogP contribution in [0.25, 0.3) is 0 Å². The average Bonchev–Trinajstić information content (AvgIpc) is 2.83. The van der Waals surface area contributed by atoms with E-state index in [1.165, 1.54) is 38.5 Å². The molecule has 1 saturated heterocycles. The lowest BCUT2D eigenvalue weighted by Gasteiger charge is -2.27. The number of hydrogen-bond donors (Lipinski definition) is 2. The molecule has 1 heterocycles. The van der Waals surface area contributed by atoms with Gasteiger partial charge >= 0.3 is 0 Å². The molecule has 0 unspecified atom stereocenters. The number of carbonyl (C=O) groups is 2. The van der Waals surface area contributed by atoms with Gasteiger partial charge in [-0.1, -0.05) is 25.7 Å². The van der Waals surface area contributed by atoms with Crippen LogP contribution in [0, 0.1) is 0 Å². The molecular weight excluding hydrogens is 266 g/mol. The van der Waals surface area contributed by atoms with Gasteiger partial charge in [-0.05, 0) is 39.2 Å². The Morgan fingerprint density at radius 1 is 1.14 bits per heavy atom. The van der Waals surface area contributed by atoms with Gasteiger partial charge in [0, 0.05) is 12.6 Å². The second-order valence-corrected chi connectivity index (χ2v) is 6.47. The molecule has 5 nitrogen and oxygen atoms in total. The first-order valence-electron chi connectivity index (χ1n) is 8.44. The molecule has 2 rings (SSSR count). The molecule has 120 valence electrons. The highest BCUT2D eigenvalue weighted by molar-refractivity contribution is 5.88. The maximum atomic E-state index is 12.2. The van der Waals surface area contributed by atoms with Crippen LogP contribution in [-0.2, 0) is 9.59 Å². The molecule has 2 fully saturated rings. The number of likely N-dealkylation sites (N-methyl/N-ethyl adjacent to an activating group) is 1. The van der Waals surface area contributed by atoms with Crippen LogP contribution >= 0.6 is 0 Å². The van der Waals surface area contributed by atoms with E-state index in [-0.39, 0.29) is 17.9 Å². The highest BCUT2D eigenvalue weighted by atomic mass is 16.2. The fraction of sp³-hybridized carbons (Fsp3) is 0.875. The van der Waals surface area contributed by atoms with Crippen LogP contribution in [0.4, 0.5) is 0 Å². The van der Waals surface area contributed by atoms with Crippen molar-refractivity contribution in [2.75, 3.05) is 20.1 Å². The summed E-state index contributed by atoms with van der Waals surface area (Å²) in [6.07, 6.45) is 10.3. The molecule has 0 bridgehead atoms. The SMILES string of the molecule is CN(CC(=O)N[C@@H]1CCCCNC1=O)C1CCCCCC1. The summed E-state index contributed by atoms with van der Waals surface area (Å²) < 4.78 is 0. The Labute approximate surface area is 127 Å². The Kier molecular flexibility index (Phi) is 6.49. The number of nitrogens with zero attached hydrogens (tertiary/aromatic N) is 1. The Balaban J connectivity index is 1.78. The first kappa shape index (κ1) is 16.3. The zero-order valence-electron chi connectivity index (χ0n) is 13.2. The highest BCUT2D eigenvalue weighted by Gasteiger charge is 2.24. The van der Waals surface area contributed by atoms with E-state index >= 15 is 0 Å². The lowest BCUT2D eigenvalue weighted by Crippen LogP contribution is -2.49. The van der Waals surface area contributed by atoms with Crippen molar-refractivity contribution in [1.82, 2.24) is 15.5 Å². The lowest BCUT2D eigenvalue weighted by atomic mass is 10.1. The van der Waals surface area contributed by atoms with E-state index in [4.69, 9.17) is 0 Å². The van der Waals surface area contributed by atoms with Gasteiger partial charge in [-0.3, -0.25) is 14.5 Å². The third kappa shape index (κ3) is 5.30. The van der Waals surface area contributed by atoms with Gasteiger partial charge in [0.2, 0.25) is 11.8 Å². The zero-order chi connectivity index (χ0) is 15.1. The molecule has 1 aliphatic carbocycles. The minimum absolute atomic E-state index is 0.0243. The van der Waals surface area contributed by atoms with Crippen LogP contribution in [0.15, 0.2) is 0 Å². The van der Waals surface area contributed by atoms with E-state index in [0.29, 0.717) is 12.6 Å². The van der Waals surface area contributed by atoms with E-state index in [9.17, 15) is 9.59 Å². The Morgan fingerprint density at radius 2 is 1.81 bits per heavy atom. The normalized spacial score (nSPS) is 25.0. The van der Waals surface area contributed by atoms with Crippen LogP contribution in [0.1, 0.15) is 57.8 Å². The van der Waals surface area contributed by atoms with Crippen LogP contribution in [0.2, 0.25) is 0 Å². The second kappa shape index (κ2) is 8.37. The molecule has 21 heavy (non-hydrogen) atoms. The number of hydrogen-bond acceptors (Lipinski definition) is 3. The standard InChI is InChI=1S/C16H29N3O2/c1-19(13-8-4-2-3-5-9-13)12-15(20)18-14-10-6-7-11-17-16(14)21/h13-14H,2-12H2,1H3,(H,17,21)(H,18,20)/t14-/m1/s1. The maximum Gasteiger partial charge on any atom is 0.242 e. The Morgan fingerprint density at radius 3 is 2.52 bits per heavy atom. The molecule has 0 spiro atoms. The average molecular weight is 295 g/mol. The summed E-state index contributed by atoms with van der Waals surface area (Å²) in [4.78, 5) is 26.2. The van der Waals surface area contributed by atoms with Gasteiger partial charge in [0.1, 0.15) is 6.04 Å². The molecule has 1 aliphatic heterocycles. The molecule has 0 aromatic carbocycles. The predicted octanol–water partition coefficient (Wildman–Crippen LogP) is 1.43. The first-order chi connectivity index (χ1) is 10.2. The van der Waals surface area contributed by atoms with E-state index < -0.39 is 0 Å². The van der Waals surface area contributed by atoms with Gasteiger partial charge in [-0.2, -0.15) is 0 Å². The zero-order valence-corrected chi connectivity index (χ0v) is 13.2. The fourth-order valence-corrected chi connectivity index (χ4v) is 3.37. The van der Waals surface area contributed by atoms with Crippen molar-refractivity contribution in [2.24, 2.45) is 0 Å². The van der Waals surface area contributed by atoms with Crippen LogP contribution in [-0.4, -0.2) is 48.9 Å². The molecule has 1 saturated carbocycles. The number of nitrogens with one attached hydrogen (secondary N) is 2. The quantitative estimate of drug-likeness (QED) is 0.771. The number of carbonyl (C=O) groups excluding carboxylic acids is 2. The van der Waals surface area contributed by atoms with E-state index in [0.717, 1.165) is 25.8 Å². The smallest absolute Gasteiger partial charge is 0.242 e. The highest BCUT2D eigenvalue weighted by Crippen LogP contribution is 2.20. The van der Waals surface area contributed by atoms with Gasteiger partial charge in [-0.25, -0.2) is 0 Å². The molecular formula is C16H29N3O2. The van der Waals surface area contributed by atoms with Gasteiger partial charge in [0.05, 0.1) is 6.54 Å².